The quantitative estimate of drug-likeness (QED) is 0.837. The standard InChI is InChI=1S/C16H28N2/c1-6-16(3,4)18(5)15(12-17)13(2)14-10-8-7-9-11-14/h7-11,13,15H,6,12,17H2,1-5H3. The summed E-state index contributed by atoms with van der Waals surface area (Å²) < 4.78 is 0. The van der Waals surface area contributed by atoms with Crippen molar-refractivity contribution >= 4 is 0 Å². The second-order valence-electron chi connectivity index (χ2n) is 5.78. The van der Waals surface area contributed by atoms with Gasteiger partial charge in [0.05, 0.1) is 0 Å². The third kappa shape index (κ3) is 3.33. The second kappa shape index (κ2) is 6.35. The van der Waals surface area contributed by atoms with Crippen LogP contribution >= 0.6 is 0 Å². The third-order valence-corrected chi connectivity index (χ3v) is 4.46. The van der Waals surface area contributed by atoms with Gasteiger partial charge in [0.1, 0.15) is 0 Å². The Morgan fingerprint density at radius 2 is 1.78 bits per heavy atom. The van der Waals surface area contributed by atoms with Crippen LogP contribution in [-0.4, -0.2) is 30.1 Å². The zero-order valence-corrected chi connectivity index (χ0v) is 12.5. The van der Waals surface area contributed by atoms with Crippen LogP contribution in [0.5, 0.6) is 0 Å². The Morgan fingerprint density at radius 3 is 2.22 bits per heavy atom. The molecule has 1 aromatic carbocycles. The largest absolute Gasteiger partial charge is 0.329 e. The van der Waals surface area contributed by atoms with Gasteiger partial charge in [-0.2, -0.15) is 0 Å². The molecule has 1 aromatic rings. The number of nitrogens with two attached hydrogens (primary N) is 1. The highest BCUT2D eigenvalue weighted by Crippen LogP contribution is 2.27. The molecule has 2 nitrogen and oxygen atoms in total. The molecule has 0 saturated heterocycles. The molecule has 0 aliphatic heterocycles. The molecule has 0 heterocycles. The van der Waals surface area contributed by atoms with Gasteiger partial charge in [0.2, 0.25) is 0 Å². The fraction of sp³-hybridized carbons (Fsp3) is 0.625. The van der Waals surface area contributed by atoms with Crippen molar-refractivity contribution < 1.29 is 0 Å². The molecule has 18 heavy (non-hydrogen) atoms. The Bertz CT molecular complexity index is 345. The topological polar surface area (TPSA) is 29.3 Å². The first-order chi connectivity index (χ1) is 8.44. The summed E-state index contributed by atoms with van der Waals surface area (Å²) in [6.07, 6.45) is 1.13. The molecule has 0 spiro atoms. The van der Waals surface area contributed by atoms with Crippen molar-refractivity contribution in [2.45, 2.75) is 51.6 Å². The van der Waals surface area contributed by atoms with Crippen molar-refractivity contribution in [2.75, 3.05) is 13.6 Å². The predicted octanol–water partition coefficient (Wildman–Crippen LogP) is 3.24. The van der Waals surface area contributed by atoms with Crippen LogP contribution in [0.25, 0.3) is 0 Å². The monoisotopic (exact) mass is 248 g/mol. The summed E-state index contributed by atoms with van der Waals surface area (Å²) in [7, 11) is 2.19. The lowest BCUT2D eigenvalue weighted by atomic mass is 9.88. The van der Waals surface area contributed by atoms with E-state index >= 15 is 0 Å². The van der Waals surface area contributed by atoms with Gasteiger partial charge in [-0.25, -0.2) is 0 Å². The Labute approximate surface area is 112 Å². The van der Waals surface area contributed by atoms with Gasteiger partial charge in [-0.3, -0.25) is 4.90 Å². The number of nitrogens with zero attached hydrogens (tertiary/aromatic N) is 1. The second-order valence-corrected chi connectivity index (χ2v) is 5.78. The maximum Gasteiger partial charge on any atom is 0.0286 e. The van der Waals surface area contributed by atoms with Gasteiger partial charge in [0.15, 0.2) is 0 Å². The average molecular weight is 248 g/mol. The van der Waals surface area contributed by atoms with Crippen LogP contribution in [0.2, 0.25) is 0 Å². The van der Waals surface area contributed by atoms with Gasteiger partial charge in [-0.1, -0.05) is 44.2 Å². The number of rotatable bonds is 6. The van der Waals surface area contributed by atoms with E-state index in [1.807, 2.05) is 0 Å². The van der Waals surface area contributed by atoms with Crippen LogP contribution in [0.1, 0.15) is 45.6 Å². The van der Waals surface area contributed by atoms with Gasteiger partial charge >= 0.3 is 0 Å². The normalized spacial score (nSPS) is 15.7. The van der Waals surface area contributed by atoms with E-state index < -0.39 is 0 Å². The highest BCUT2D eigenvalue weighted by Gasteiger charge is 2.30. The molecule has 0 aliphatic rings. The van der Waals surface area contributed by atoms with Crippen LogP contribution in [0.15, 0.2) is 30.3 Å². The Morgan fingerprint density at radius 1 is 1.22 bits per heavy atom. The van der Waals surface area contributed by atoms with Crippen molar-refractivity contribution in [1.82, 2.24) is 4.90 Å². The lowest BCUT2D eigenvalue weighted by Gasteiger charge is -2.43. The lowest BCUT2D eigenvalue weighted by molar-refractivity contribution is 0.0881. The van der Waals surface area contributed by atoms with E-state index in [1.165, 1.54) is 5.56 Å². The molecule has 0 amide bonds. The highest BCUT2D eigenvalue weighted by molar-refractivity contribution is 5.21. The molecule has 0 radical (unpaired) electrons. The summed E-state index contributed by atoms with van der Waals surface area (Å²) in [5, 5.41) is 0. The van der Waals surface area contributed by atoms with Crippen LogP contribution < -0.4 is 5.73 Å². The zero-order valence-electron chi connectivity index (χ0n) is 12.5. The summed E-state index contributed by atoms with van der Waals surface area (Å²) in [4.78, 5) is 2.44. The molecule has 2 N–H and O–H groups in total. The summed E-state index contributed by atoms with van der Waals surface area (Å²) in [5.74, 6) is 0.451. The van der Waals surface area contributed by atoms with Crippen LogP contribution in [0.4, 0.5) is 0 Å². The smallest absolute Gasteiger partial charge is 0.0286 e. The van der Waals surface area contributed by atoms with E-state index in [2.05, 4.69) is 70.0 Å². The molecule has 1 rings (SSSR count). The molecule has 2 heteroatoms. The minimum Gasteiger partial charge on any atom is -0.329 e. The van der Waals surface area contributed by atoms with E-state index in [4.69, 9.17) is 5.73 Å². The first-order valence-electron chi connectivity index (χ1n) is 6.92. The van der Waals surface area contributed by atoms with Crippen molar-refractivity contribution in [3.8, 4) is 0 Å². The van der Waals surface area contributed by atoms with Crippen LogP contribution in [0, 0.1) is 0 Å². The van der Waals surface area contributed by atoms with E-state index in [9.17, 15) is 0 Å². The SMILES string of the molecule is CCC(C)(C)N(C)C(CN)C(C)c1ccccc1. The number of benzene rings is 1. The van der Waals surface area contributed by atoms with Crippen molar-refractivity contribution in [3.63, 3.8) is 0 Å². The number of hydrogen-bond donors (Lipinski definition) is 1. The van der Waals surface area contributed by atoms with Crippen molar-refractivity contribution in [3.05, 3.63) is 35.9 Å². The maximum atomic E-state index is 6.02. The van der Waals surface area contributed by atoms with Gasteiger partial charge < -0.3 is 5.73 Å². The van der Waals surface area contributed by atoms with E-state index in [-0.39, 0.29) is 5.54 Å². The molecule has 0 fully saturated rings. The average Bonchev–Trinajstić information content (AvgIpc) is 2.40. The van der Waals surface area contributed by atoms with E-state index in [0.717, 1.165) is 6.42 Å². The summed E-state index contributed by atoms with van der Waals surface area (Å²) >= 11 is 0. The van der Waals surface area contributed by atoms with Crippen molar-refractivity contribution in [2.24, 2.45) is 5.73 Å². The van der Waals surface area contributed by atoms with Gasteiger partial charge in [-0.05, 0) is 38.8 Å². The Hall–Kier alpha value is -0.860. The molecule has 0 saturated carbocycles. The zero-order chi connectivity index (χ0) is 13.8. The summed E-state index contributed by atoms with van der Waals surface area (Å²) in [5.41, 5.74) is 7.58. The number of likely N-dealkylation sites (N-methyl/N-ethyl adjacent to an activating group) is 1. The van der Waals surface area contributed by atoms with E-state index in [1.54, 1.807) is 0 Å². The molecule has 2 atom stereocenters. The molecule has 0 bridgehead atoms. The molecule has 0 aliphatic carbocycles. The molecule has 2 unspecified atom stereocenters. The number of hydrogen-bond acceptors (Lipinski definition) is 2. The molecular formula is C16H28N2. The highest BCUT2D eigenvalue weighted by atomic mass is 15.2. The summed E-state index contributed by atoms with van der Waals surface area (Å²) in [6, 6.07) is 11.0. The Balaban J connectivity index is 2.90. The van der Waals surface area contributed by atoms with E-state index in [0.29, 0.717) is 18.5 Å². The Kier molecular flexibility index (Phi) is 5.36. The minimum absolute atomic E-state index is 0.188. The maximum absolute atomic E-state index is 6.02. The first kappa shape index (κ1) is 15.2. The van der Waals surface area contributed by atoms with Gasteiger partial charge in [0.25, 0.3) is 0 Å². The van der Waals surface area contributed by atoms with Crippen LogP contribution in [0.3, 0.4) is 0 Å². The summed E-state index contributed by atoms with van der Waals surface area (Å²) in [6.45, 7) is 9.77. The minimum atomic E-state index is 0.188. The fourth-order valence-electron chi connectivity index (χ4n) is 2.37. The molecular weight excluding hydrogens is 220 g/mol. The van der Waals surface area contributed by atoms with Crippen LogP contribution in [-0.2, 0) is 0 Å². The molecule has 102 valence electrons. The molecule has 0 aromatic heterocycles. The van der Waals surface area contributed by atoms with Gasteiger partial charge in [0, 0.05) is 18.1 Å². The fourth-order valence-corrected chi connectivity index (χ4v) is 2.37. The predicted molar refractivity (Wildman–Crippen MR) is 79.8 cm³/mol. The lowest BCUT2D eigenvalue weighted by Crippen LogP contribution is -2.52. The third-order valence-electron chi connectivity index (χ3n) is 4.46. The first-order valence-corrected chi connectivity index (χ1v) is 6.92. The van der Waals surface area contributed by atoms with Gasteiger partial charge in [-0.15, -0.1) is 0 Å². The van der Waals surface area contributed by atoms with Crippen molar-refractivity contribution in [1.29, 1.82) is 0 Å².